The van der Waals surface area contributed by atoms with Crippen LogP contribution in [0.3, 0.4) is 0 Å². The van der Waals surface area contributed by atoms with E-state index >= 15 is 0 Å². The fraction of sp³-hybridized carbons (Fsp3) is 1.00. The molecule has 0 saturated carbocycles. The van der Waals surface area contributed by atoms with Crippen LogP contribution in [0.5, 0.6) is 0 Å². The normalized spacial score (nSPS) is 17.4. The minimum atomic E-state index is -9.31. The van der Waals surface area contributed by atoms with Crippen molar-refractivity contribution in [2.75, 3.05) is 24.7 Å². The van der Waals surface area contributed by atoms with Crippen LogP contribution in [0.1, 0.15) is 25.7 Å². The van der Waals surface area contributed by atoms with Gasteiger partial charge in [-0.1, -0.05) is 0 Å². The van der Waals surface area contributed by atoms with Gasteiger partial charge in [0.1, 0.15) is 0 Å². The first-order chi connectivity index (χ1) is 31.3. The smallest absolute Gasteiger partial charge is 0.396 e. The molecule has 0 radical (unpaired) electrons. The Hall–Kier alpha value is -2.92. The number of aliphatic hydroxyl groups is 2. The number of rotatable bonds is 21. The summed E-state index contributed by atoms with van der Waals surface area (Å²) in [5.74, 6) is -108. The van der Waals surface area contributed by atoms with Crippen LogP contribution in [0, 0.1) is 0 Å². The third-order valence-electron chi connectivity index (χ3n) is 8.42. The number of hydrogen-bond acceptors (Lipinski definition) is 6. The average molecular weight is 1250 g/mol. The Morgan fingerprint density at radius 3 is 0.568 bits per heavy atom. The number of aliphatic hydroxyl groups excluding tert-OH is 2. The highest BCUT2D eigenvalue weighted by Gasteiger charge is 3.01. The highest BCUT2D eigenvalue weighted by Crippen LogP contribution is 2.69. The topological polar surface area (TPSA) is 149 Å². The Balaban J connectivity index is -0.00000122. The molecule has 0 amide bonds. The summed E-state index contributed by atoms with van der Waals surface area (Å²) < 4.78 is 553. The molecule has 2 atom stereocenters. The van der Waals surface area contributed by atoms with E-state index in [-0.39, 0.29) is 13.2 Å². The SMILES string of the molecule is O=S(=O)(O)CCC(F)(F)C(F)(F)C(F)(F)C(F)(F)C(F)(C(F)(F)F)C(F)(F)C(F)(F)C(F)(F)F.O=S(=O)(O)CCC(F)(F)C(F)(F)C(F)(F)C(F)(F)C(F)(C(F)(F)F)C(F)(F)C(F)(F)C(F)(F)F.OCCCCO. The van der Waals surface area contributed by atoms with Crippen molar-refractivity contribution >= 4 is 20.2 Å². The molecule has 0 aromatic rings. The summed E-state index contributed by atoms with van der Waals surface area (Å²) in [4.78, 5) is 0. The number of alkyl halides is 38. The summed E-state index contributed by atoms with van der Waals surface area (Å²) in [6.45, 7) is 0.390. The third-order valence-corrected chi connectivity index (χ3v) is 9.86. The second-order valence-electron chi connectivity index (χ2n) is 13.7. The highest BCUT2D eigenvalue weighted by atomic mass is 32.2. The summed E-state index contributed by atoms with van der Waals surface area (Å²) in [5, 5.41) is 16.2. The minimum Gasteiger partial charge on any atom is -0.396 e. The molecule has 74 heavy (non-hydrogen) atoms. The predicted octanol–water partition coefficient (Wildman–Crippen LogP) is 11.6. The first kappa shape index (κ1) is 75.3. The van der Waals surface area contributed by atoms with Crippen LogP contribution in [0.25, 0.3) is 0 Å². The van der Waals surface area contributed by atoms with E-state index in [1.54, 1.807) is 0 Å². The van der Waals surface area contributed by atoms with Gasteiger partial charge in [0.2, 0.25) is 0 Å². The molecule has 0 rings (SSSR count). The zero-order chi connectivity index (χ0) is 61.7. The van der Waals surface area contributed by atoms with Crippen LogP contribution in [0.15, 0.2) is 0 Å². The summed E-state index contributed by atoms with van der Waals surface area (Å²) in [5.41, 5.74) is -18.6. The summed E-state index contributed by atoms with van der Waals surface area (Å²) in [6.07, 6.45) is -39.0. The standard InChI is InChI=1S/2C11H5F19O3S.C4H10O2/c2*12-3(13,1-2-34(31,32)33)5(15,16)8(21,22)6(17,18)4(14,10(25,26)27)7(19,20)9(23,24)11(28,29)30;5-3-1-2-4-6/h2*1-2H2,(H,31,32,33);5-6H,1-4H2. The summed E-state index contributed by atoms with van der Waals surface area (Å²) in [7, 11) is -11.7. The van der Waals surface area contributed by atoms with Crippen LogP contribution < -0.4 is 0 Å². The Kier molecular flexibility index (Phi) is 21.8. The van der Waals surface area contributed by atoms with E-state index in [4.69, 9.17) is 19.3 Å². The van der Waals surface area contributed by atoms with E-state index < -0.39 is 152 Å². The van der Waals surface area contributed by atoms with Crippen molar-refractivity contribution in [2.24, 2.45) is 0 Å². The highest BCUT2D eigenvalue weighted by molar-refractivity contribution is 7.86. The maximum Gasteiger partial charge on any atom is 0.460 e. The summed E-state index contributed by atoms with van der Waals surface area (Å²) in [6, 6.07) is 0. The van der Waals surface area contributed by atoms with Crippen LogP contribution in [0.2, 0.25) is 0 Å². The van der Waals surface area contributed by atoms with Gasteiger partial charge in [0, 0.05) is 26.1 Å². The van der Waals surface area contributed by atoms with E-state index in [2.05, 4.69) is 0 Å². The first-order valence-electron chi connectivity index (χ1n) is 16.6. The molecule has 0 aliphatic rings. The Morgan fingerprint density at radius 2 is 0.432 bits per heavy atom. The monoisotopic (exact) mass is 1250 g/mol. The minimum absolute atomic E-state index is 0.195. The quantitative estimate of drug-likeness (QED) is 0.0504. The number of halogens is 38. The molecule has 0 spiro atoms. The Bertz CT molecular complexity index is 1930. The third kappa shape index (κ3) is 12.8. The predicted molar refractivity (Wildman–Crippen MR) is 157 cm³/mol. The molecule has 0 aliphatic heterocycles. The molecular formula is C26H20F38O8S2. The van der Waals surface area contributed by atoms with Gasteiger partial charge >= 0.3 is 107 Å². The molecule has 0 heterocycles. The molecule has 8 nitrogen and oxygen atoms in total. The molecule has 2 unspecified atom stereocenters. The van der Waals surface area contributed by atoms with Gasteiger partial charge in [-0.15, -0.1) is 0 Å². The first-order valence-corrected chi connectivity index (χ1v) is 19.8. The molecule has 0 saturated heterocycles. The van der Waals surface area contributed by atoms with E-state index in [0.29, 0.717) is 0 Å². The maximum atomic E-state index is 13.9. The van der Waals surface area contributed by atoms with Gasteiger partial charge < -0.3 is 10.2 Å². The molecule has 0 aromatic carbocycles. The molecule has 0 aliphatic carbocycles. The van der Waals surface area contributed by atoms with E-state index in [1.807, 2.05) is 0 Å². The zero-order valence-electron chi connectivity index (χ0n) is 33.3. The Morgan fingerprint density at radius 1 is 0.257 bits per heavy atom. The lowest BCUT2D eigenvalue weighted by Gasteiger charge is -2.46. The number of unbranched alkanes of at least 4 members (excludes halogenated alkanes) is 1. The van der Waals surface area contributed by atoms with Gasteiger partial charge in [-0.25, -0.2) is 8.78 Å². The number of hydrogen-bond donors (Lipinski definition) is 4. The van der Waals surface area contributed by atoms with Crippen molar-refractivity contribution in [2.45, 2.75) is 133 Å². The molecular weight excluding hydrogens is 1230 g/mol. The summed E-state index contributed by atoms with van der Waals surface area (Å²) >= 11 is 0. The van der Waals surface area contributed by atoms with Crippen LogP contribution >= 0.6 is 0 Å². The van der Waals surface area contributed by atoms with Crippen molar-refractivity contribution in [1.29, 1.82) is 0 Å². The fourth-order valence-electron chi connectivity index (χ4n) is 4.23. The van der Waals surface area contributed by atoms with Gasteiger partial charge in [-0.3, -0.25) is 9.11 Å². The lowest BCUT2D eigenvalue weighted by atomic mass is 9.79. The van der Waals surface area contributed by atoms with Crippen LogP contribution in [0.4, 0.5) is 167 Å². The fourth-order valence-corrected chi connectivity index (χ4v) is 5.26. The second kappa shape index (κ2) is 21.4. The molecule has 0 fully saturated rings. The van der Waals surface area contributed by atoms with Crippen LogP contribution in [-0.4, -0.2) is 168 Å². The largest absolute Gasteiger partial charge is 0.460 e. The van der Waals surface area contributed by atoms with Crippen molar-refractivity contribution in [3.05, 3.63) is 0 Å². The van der Waals surface area contributed by atoms with Crippen LogP contribution in [-0.2, 0) is 20.2 Å². The van der Waals surface area contributed by atoms with E-state index in [0.717, 1.165) is 12.8 Å². The van der Waals surface area contributed by atoms with E-state index in [1.165, 1.54) is 0 Å². The van der Waals surface area contributed by atoms with Gasteiger partial charge in [-0.2, -0.15) is 175 Å². The van der Waals surface area contributed by atoms with Crippen molar-refractivity contribution < 1.29 is 203 Å². The van der Waals surface area contributed by atoms with Gasteiger partial charge in [0.05, 0.1) is 11.5 Å². The molecule has 48 heteroatoms. The maximum absolute atomic E-state index is 13.9. The Labute approximate surface area is 381 Å². The second-order valence-corrected chi connectivity index (χ2v) is 16.8. The van der Waals surface area contributed by atoms with Gasteiger partial charge in [-0.05, 0) is 12.8 Å². The zero-order valence-corrected chi connectivity index (χ0v) is 34.9. The molecule has 0 aromatic heterocycles. The van der Waals surface area contributed by atoms with Crippen molar-refractivity contribution in [1.82, 2.24) is 0 Å². The molecule has 4 N–H and O–H groups in total. The van der Waals surface area contributed by atoms with E-state index in [9.17, 15) is 184 Å². The molecule has 0 bridgehead atoms. The van der Waals surface area contributed by atoms with Gasteiger partial charge in [0.15, 0.2) is 0 Å². The lowest BCUT2D eigenvalue weighted by Crippen LogP contribution is -2.79. The molecule has 450 valence electrons. The lowest BCUT2D eigenvalue weighted by molar-refractivity contribution is -0.475. The van der Waals surface area contributed by atoms with Crippen molar-refractivity contribution in [3.63, 3.8) is 0 Å². The van der Waals surface area contributed by atoms with Gasteiger partial charge in [0.25, 0.3) is 20.2 Å². The average Bonchev–Trinajstić information content (AvgIpc) is 3.15. The van der Waals surface area contributed by atoms with Crippen molar-refractivity contribution in [3.8, 4) is 0 Å².